The van der Waals surface area contributed by atoms with Gasteiger partial charge in [-0.15, -0.1) is 0 Å². The fourth-order valence-electron chi connectivity index (χ4n) is 1.72. The minimum Gasteiger partial charge on any atom is -0.303 e. The topological polar surface area (TPSA) is 17.1 Å². The summed E-state index contributed by atoms with van der Waals surface area (Å²) >= 11 is 0. The second-order valence-corrected chi connectivity index (χ2v) is 5.48. The van der Waals surface area contributed by atoms with Crippen molar-refractivity contribution in [3.63, 3.8) is 0 Å². The van der Waals surface area contributed by atoms with Crippen LogP contribution < -0.4 is 0 Å². The van der Waals surface area contributed by atoms with Gasteiger partial charge in [-0.3, -0.25) is 0 Å². The van der Waals surface area contributed by atoms with E-state index in [-0.39, 0.29) is 11.3 Å². The predicted octanol–water partition coefficient (Wildman–Crippen LogP) is 3.65. The van der Waals surface area contributed by atoms with Crippen LogP contribution in [0.2, 0.25) is 0 Å². The van der Waals surface area contributed by atoms with Gasteiger partial charge in [0.05, 0.1) is 0 Å². The van der Waals surface area contributed by atoms with Crippen molar-refractivity contribution in [3.05, 3.63) is 35.4 Å². The highest BCUT2D eigenvalue weighted by molar-refractivity contribution is 5.55. The van der Waals surface area contributed by atoms with E-state index in [1.807, 2.05) is 0 Å². The Bertz CT molecular complexity index is 329. The van der Waals surface area contributed by atoms with Crippen molar-refractivity contribution in [2.24, 2.45) is 11.3 Å². The number of hydrogen-bond acceptors (Lipinski definition) is 1. The van der Waals surface area contributed by atoms with Crippen LogP contribution in [0.3, 0.4) is 0 Å². The maximum Gasteiger partial charge on any atom is 0.123 e. The Balaban J connectivity index is 2.75. The molecule has 88 valence electrons. The molecule has 0 radical (unpaired) electrons. The fraction of sp³-hybridized carbons (Fsp3) is 0.533. The van der Waals surface area contributed by atoms with Crippen molar-refractivity contribution >= 4 is 6.29 Å². The molecule has 1 unspecified atom stereocenters. The molecule has 0 saturated carbocycles. The smallest absolute Gasteiger partial charge is 0.123 e. The van der Waals surface area contributed by atoms with Crippen molar-refractivity contribution < 1.29 is 4.79 Å². The molecule has 1 atom stereocenters. The van der Waals surface area contributed by atoms with Gasteiger partial charge < -0.3 is 4.79 Å². The van der Waals surface area contributed by atoms with Gasteiger partial charge in [0.25, 0.3) is 0 Å². The molecule has 1 nitrogen and oxygen atoms in total. The van der Waals surface area contributed by atoms with Crippen LogP contribution in [0.5, 0.6) is 0 Å². The van der Waals surface area contributed by atoms with Crippen molar-refractivity contribution in [1.29, 1.82) is 0 Å². The summed E-state index contributed by atoms with van der Waals surface area (Å²) in [6.07, 6.45) is 3.00. The quantitative estimate of drug-likeness (QED) is 0.705. The highest BCUT2D eigenvalue weighted by atomic mass is 16.1. The van der Waals surface area contributed by atoms with Crippen LogP contribution in [0.25, 0.3) is 0 Å². The van der Waals surface area contributed by atoms with Crippen molar-refractivity contribution in [3.8, 4) is 0 Å². The number of aldehydes is 1. The van der Waals surface area contributed by atoms with E-state index < -0.39 is 0 Å². The third-order valence-electron chi connectivity index (χ3n) is 3.16. The van der Waals surface area contributed by atoms with Gasteiger partial charge in [0.15, 0.2) is 0 Å². The summed E-state index contributed by atoms with van der Waals surface area (Å²) in [5.41, 5.74) is 2.65. The highest BCUT2D eigenvalue weighted by Crippen LogP contribution is 2.27. The third-order valence-corrected chi connectivity index (χ3v) is 3.16. The fourth-order valence-corrected chi connectivity index (χ4v) is 1.72. The van der Waals surface area contributed by atoms with Crippen molar-refractivity contribution in [2.45, 2.75) is 40.5 Å². The Morgan fingerprint density at radius 2 is 1.62 bits per heavy atom. The van der Waals surface area contributed by atoms with Gasteiger partial charge in [0.2, 0.25) is 0 Å². The second-order valence-electron chi connectivity index (χ2n) is 5.48. The molecule has 0 N–H and O–H groups in total. The molecule has 0 saturated heterocycles. The molecular weight excluding hydrogens is 196 g/mol. The summed E-state index contributed by atoms with van der Waals surface area (Å²) in [5.74, 6) is 0.0972. The van der Waals surface area contributed by atoms with Crippen LogP contribution in [-0.4, -0.2) is 6.29 Å². The molecule has 0 amide bonds. The first-order chi connectivity index (χ1) is 7.47. The molecule has 0 bridgehead atoms. The summed E-state index contributed by atoms with van der Waals surface area (Å²) in [6.45, 7) is 8.50. The monoisotopic (exact) mass is 218 g/mol. The largest absolute Gasteiger partial charge is 0.303 e. The molecule has 1 heteroatoms. The second kappa shape index (κ2) is 5.29. The number of carbonyl (C=O) groups is 1. The average molecular weight is 218 g/mol. The average Bonchev–Trinajstić information content (AvgIpc) is 2.25. The van der Waals surface area contributed by atoms with Crippen molar-refractivity contribution in [1.82, 2.24) is 0 Å². The minimum atomic E-state index is 0.0468. The molecule has 0 aliphatic heterocycles. The molecule has 1 rings (SSSR count). The lowest BCUT2D eigenvalue weighted by Gasteiger charge is -2.25. The van der Waals surface area contributed by atoms with E-state index in [9.17, 15) is 4.79 Å². The van der Waals surface area contributed by atoms with Crippen molar-refractivity contribution in [2.75, 3.05) is 0 Å². The van der Waals surface area contributed by atoms with E-state index in [2.05, 4.69) is 52.0 Å². The van der Waals surface area contributed by atoms with Crippen LogP contribution in [0.4, 0.5) is 0 Å². The van der Waals surface area contributed by atoms with Crippen LogP contribution in [0.15, 0.2) is 24.3 Å². The van der Waals surface area contributed by atoms with Gasteiger partial charge in [-0.05, 0) is 29.4 Å². The summed E-state index contributed by atoms with van der Waals surface area (Å²) in [7, 11) is 0. The van der Waals surface area contributed by atoms with Crippen LogP contribution in [0, 0.1) is 11.3 Å². The first kappa shape index (κ1) is 13.0. The van der Waals surface area contributed by atoms with Gasteiger partial charge in [0, 0.05) is 5.92 Å². The molecule has 0 aromatic heterocycles. The molecule has 0 heterocycles. The zero-order valence-electron chi connectivity index (χ0n) is 10.8. The SMILES string of the molecule is CCc1ccc(CC(C=O)C(C)(C)C)cc1. The predicted molar refractivity (Wildman–Crippen MR) is 68.5 cm³/mol. The number of carbonyl (C=O) groups excluding carboxylic acids is 1. The third kappa shape index (κ3) is 3.48. The zero-order chi connectivity index (χ0) is 12.2. The highest BCUT2D eigenvalue weighted by Gasteiger charge is 2.23. The maximum absolute atomic E-state index is 11.1. The summed E-state index contributed by atoms with van der Waals surface area (Å²) in [4.78, 5) is 11.1. The normalized spacial score (nSPS) is 13.5. The van der Waals surface area contributed by atoms with E-state index in [1.54, 1.807) is 0 Å². The number of hydrogen-bond donors (Lipinski definition) is 0. The molecule has 0 aliphatic carbocycles. The lowest BCUT2D eigenvalue weighted by atomic mass is 9.78. The molecule has 0 spiro atoms. The van der Waals surface area contributed by atoms with E-state index in [1.165, 1.54) is 11.1 Å². The lowest BCUT2D eigenvalue weighted by Crippen LogP contribution is -2.23. The Labute approximate surface area is 98.9 Å². The Morgan fingerprint density at radius 1 is 1.12 bits per heavy atom. The molecule has 1 aromatic carbocycles. The molecule has 0 fully saturated rings. The number of aryl methyl sites for hydroxylation is 1. The molecule has 1 aromatic rings. The van der Waals surface area contributed by atoms with Gasteiger partial charge in [-0.1, -0.05) is 52.0 Å². The van der Waals surface area contributed by atoms with Gasteiger partial charge in [-0.25, -0.2) is 0 Å². The van der Waals surface area contributed by atoms with Crippen LogP contribution in [-0.2, 0) is 17.6 Å². The first-order valence-electron chi connectivity index (χ1n) is 6.00. The maximum atomic E-state index is 11.1. The molecular formula is C15H22O. The molecule has 16 heavy (non-hydrogen) atoms. The zero-order valence-corrected chi connectivity index (χ0v) is 10.8. The molecule has 0 aliphatic rings. The number of benzene rings is 1. The summed E-state index contributed by atoms with van der Waals surface area (Å²) in [5, 5.41) is 0. The Hall–Kier alpha value is -1.11. The Morgan fingerprint density at radius 3 is 2.00 bits per heavy atom. The van der Waals surface area contributed by atoms with Crippen LogP contribution >= 0.6 is 0 Å². The van der Waals surface area contributed by atoms with Gasteiger partial charge >= 0.3 is 0 Å². The minimum absolute atomic E-state index is 0.0468. The van der Waals surface area contributed by atoms with Crippen LogP contribution in [0.1, 0.15) is 38.8 Å². The first-order valence-corrected chi connectivity index (χ1v) is 6.00. The van der Waals surface area contributed by atoms with E-state index in [0.717, 1.165) is 19.1 Å². The van der Waals surface area contributed by atoms with E-state index in [0.29, 0.717) is 0 Å². The van der Waals surface area contributed by atoms with Gasteiger partial charge in [-0.2, -0.15) is 0 Å². The lowest BCUT2D eigenvalue weighted by molar-refractivity contribution is -0.113. The van der Waals surface area contributed by atoms with E-state index >= 15 is 0 Å². The standard InChI is InChI=1S/C15H22O/c1-5-12-6-8-13(9-7-12)10-14(11-16)15(2,3)4/h6-9,11,14H,5,10H2,1-4H3. The number of rotatable bonds is 4. The summed E-state index contributed by atoms with van der Waals surface area (Å²) in [6, 6.07) is 8.59. The van der Waals surface area contributed by atoms with Gasteiger partial charge in [0.1, 0.15) is 6.29 Å². The Kier molecular flexibility index (Phi) is 4.28. The van der Waals surface area contributed by atoms with E-state index in [4.69, 9.17) is 0 Å². The summed E-state index contributed by atoms with van der Waals surface area (Å²) < 4.78 is 0.